The number of hydrogen-bond acceptors (Lipinski definition) is 7. The summed E-state index contributed by atoms with van der Waals surface area (Å²) in [6.07, 6.45) is 11.5. The van der Waals surface area contributed by atoms with Crippen LogP contribution in [0.4, 0.5) is 5.82 Å². The highest BCUT2D eigenvalue weighted by Gasteiger charge is 2.23. The van der Waals surface area contributed by atoms with E-state index in [1.807, 2.05) is 19.1 Å². The predicted octanol–water partition coefficient (Wildman–Crippen LogP) is 2.74. The number of likely N-dealkylation sites (tertiary alicyclic amines) is 1. The van der Waals surface area contributed by atoms with Crippen molar-refractivity contribution < 1.29 is 0 Å². The van der Waals surface area contributed by atoms with Crippen LogP contribution in [0.3, 0.4) is 0 Å². The average Bonchev–Trinajstić information content (AvgIpc) is 2.81. The van der Waals surface area contributed by atoms with Gasteiger partial charge in [-0.3, -0.25) is 14.7 Å². The van der Waals surface area contributed by atoms with E-state index in [-0.39, 0.29) is 5.56 Å². The van der Waals surface area contributed by atoms with Crippen molar-refractivity contribution in [3.05, 3.63) is 52.0 Å². The number of aryl methyl sites for hydroxylation is 3. The van der Waals surface area contributed by atoms with Crippen molar-refractivity contribution in [3.63, 3.8) is 0 Å². The lowest BCUT2D eigenvalue weighted by molar-refractivity contribution is 0.147. The highest BCUT2D eigenvalue weighted by molar-refractivity contribution is 5.88. The molecule has 0 amide bonds. The maximum Gasteiger partial charge on any atom is 0.267 e. The van der Waals surface area contributed by atoms with Crippen LogP contribution >= 0.6 is 0 Å². The molecule has 1 N–H and O–H groups in total. The molecule has 0 bridgehead atoms. The van der Waals surface area contributed by atoms with E-state index >= 15 is 0 Å². The van der Waals surface area contributed by atoms with Crippen LogP contribution < -0.4 is 10.9 Å². The van der Waals surface area contributed by atoms with Crippen LogP contribution in [-0.4, -0.2) is 55.3 Å². The molecule has 1 saturated heterocycles. The topological polar surface area (TPSA) is 88.8 Å². The molecule has 0 aromatic carbocycles. The smallest absolute Gasteiger partial charge is 0.267 e. The molecule has 0 radical (unpaired) electrons. The number of nitrogens with zero attached hydrogens (tertiary/aromatic N) is 6. The van der Waals surface area contributed by atoms with Crippen molar-refractivity contribution >= 4 is 16.7 Å². The Morgan fingerprint density at radius 2 is 2.03 bits per heavy atom. The van der Waals surface area contributed by atoms with Gasteiger partial charge in [0, 0.05) is 36.8 Å². The van der Waals surface area contributed by atoms with E-state index in [2.05, 4.69) is 25.2 Å². The molecule has 3 aromatic heterocycles. The average molecular weight is 434 g/mol. The molecule has 1 aliphatic carbocycles. The number of rotatable bonds is 6. The van der Waals surface area contributed by atoms with Gasteiger partial charge >= 0.3 is 0 Å². The molecule has 32 heavy (non-hydrogen) atoms. The second-order valence-corrected chi connectivity index (χ2v) is 8.96. The first-order chi connectivity index (χ1) is 15.7. The summed E-state index contributed by atoms with van der Waals surface area (Å²) in [4.78, 5) is 28.4. The Morgan fingerprint density at radius 3 is 2.97 bits per heavy atom. The van der Waals surface area contributed by atoms with Crippen LogP contribution in [-0.2, 0) is 19.4 Å². The van der Waals surface area contributed by atoms with Crippen LogP contribution in [0.5, 0.6) is 0 Å². The first-order valence-corrected chi connectivity index (χ1v) is 11.8. The third-order valence-electron chi connectivity index (χ3n) is 6.74. The van der Waals surface area contributed by atoms with Crippen LogP contribution in [0.1, 0.15) is 49.2 Å². The molecule has 0 saturated carbocycles. The van der Waals surface area contributed by atoms with E-state index in [4.69, 9.17) is 5.10 Å². The van der Waals surface area contributed by atoms with Crippen molar-refractivity contribution in [1.29, 1.82) is 0 Å². The summed E-state index contributed by atoms with van der Waals surface area (Å²) in [7, 11) is 0. The fraction of sp³-hybridized carbons (Fsp3) is 0.542. The van der Waals surface area contributed by atoms with Gasteiger partial charge in [0.05, 0.1) is 24.0 Å². The second-order valence-electron chi connectivity index (χ2n) is 8.96. The first kappa shape index (κ1) is 21.0. The van der Waals surface area contributed by atoms with E-state index in [1.165, 1.54) is 19.3 Å². The molecule has 1 atom stereocenters. The van der Waals surface area contributed by atoms with Crippen molar-refractivity contribution in [2.75, 3.05) is 25.0 Å². The Labute approximate surface area is 188 Å². The van der Waals surface area contributed by atoms with Gasteiger partial charge in [0.15, 0.2) is 0 Å². The van der Waals surface area contributed by atoms with E-state index < -0.39 is 0 Å². The molecular weight excluding hydrogens is 402 g/mol. The number of fused-ring (bicyclic) bond motifs is 2. The maximum atomic E-state index is 12.6. The summed E-state index contributed by atoms with van der Waals surface area (Å²) >= 11 is 0. The van der Waals surface area contributed by atoms with E-state index in [0.717, 1.165) is 79.1 Å². The molecule has 4 heterocycles. The minimum absolute atomic E-state index is 0.0360. The van der Waals surface area contributed by atoms with Crippen molar-refractivity contribution in [2.24, 2.45) is 0 Å². The summed E-state index contributed by atoms with van der Waals surface area (Å²) < 4.78 is 1.68. The van der Waals surface area contributed by atoms with Crippen molar-refractivity contribution in [2.45, 2.75) is 64.5 Å². The molecule has 8 heteroatoms. The molecule has 5 rings (SSSR count). The van der Waals surface area contributed by atoms with Crippen LogP contribution in [0.25, 0.3) is 10.9 Å². The summed E-state index contributed by atoms with van der Waals surface area (Å²) in [5.41, 5.74) is 3.17. The fourth-order valence-electron chi connectivity index (χ4n) is 5.02. The van der Waals surface area contributed by atoms with Gasteiger partial charge in [-0.1, -0.05) is 6.42 Å². The summed E-state index contributed by atoms with van der Waals surface area (Å²) in [5, 5.41) is 9.27. The van der Waals surface area contributed by atoms with Crippen LogP contribution in [0.2, 0.25) is 0 Å². The first-order valence-electron chi connectivity index (χ1n) is 11.8. The van der Waals surface area contributed by atoms with E-state index in [0.29, 0.717) is 12.6 Å². The van der Waals surface area contributed by atoms with Gasteiger partial charge in [-0.05, 0) is 63.6 Å². The lowest BCUT2D eigenvalue weighted by Crippen LogP contribution is -2.46. The van der Waals surface area contributed by atoms with Gasteiger partial charge in [0.2, 0.25) is 0 Å². The second kappa shape index (κ2) is 9.32. The lowest BCUT2D eigenvalue weighted by Gasteiger charge is -2.36. The van der Waals surface area contributed by atoms with Gasteiger partial charge in [-0.2, -0.15) is 5.10 Å². The summed E-state index contributed by atoms with van der Waals surface area (Å²) in [6.45, 7) is 5.27. The van der Waals surface area contributed by atoms with Crippen molar-refractivity contribution in [3.8, 4) is 0 Å². The normalized spacial score (nSPS) is 19.1. The molecule has 3 aromatic rings. The van der Waals surface area contributed by atoms with Crippen LogP contribution in [0.15, 0.2) is 29.3 Å². The van der Waals surface area contributed by atoms with Crippen LogP contribution in [0, 0.1) is 6.92 Å². The number of nitrogens with one attached hydrogen (secondary N) is 1. The minimum atomic E-state index is 0.0360. The SMILES string of the molecule is Cc1nc(NCC2CCCCN2CCn2nc3c(cc2=O)CCCC3)c2ccncc2n1. The Kier molecular flexibility index (Phi) is 6.12. The number of hydrogen-bond donors (Lipinski definition) is 1. The third-order valence-corrected chi connectivity index (χ3v) is 6.74. The zero-order valence-electron chi connectivity index (χ0n) is 18.8. The Bertz CT molecular complexity index is 1160. The fourth-order valence-corrected chi connectivity index (χ4v) is 5.02. The monoisotopic (exact) mass is 433 g/mol. The Hall–Kier alpha value is -2.87. The minimum Gasteiger partial charge on any atom is -0.368 e. The third kappa shape index (κ3) is 4.50. The number of anilines is 1. The van der Waals surface area contributed by atoms with Gasteiger partial charge in [-0.25, -0.2) is 14.6 Å². The Balaban J connectivity index is 1.27. The van der Waals surface area contributed by atoms with Gasteiger partial charge in [-0.15, -0.1) is 0 Å². The maximum absolute atomic E-state index is 12.6. The zero-order valence-corrected chi connectivity index (χ0v) is 18.8. The molecular formula is C24H31N7O. The predicted molar refractivity (Wildman–Crippen MR) is 125 cm³/mol. The molecule has 1 unspecified atom stereocenters. The highest BCUT2D eigenvalue weighted by atomic mass is 16.1. The zero-order chi connectivity index (χ0) is 21.9. The largest absolute Gasteiger partial charge is 0.368 e. The van der Waals surface area contributed by atoms with Gasteiger partial charge in [0.1, 0.15) is 11.6 Å². The highest BCUT2D eigenvalue weighted by Crippen LogP contribution is 2.22. The van der Waals surface area contributed by atoms with Crippen molar-refractivity contribution in [1.82, 2.24) is 29.6 Å². The van der Waals surface area contributed by atoms with E-state index in [1.54, 1.807) is 17.1 Å². The number of piperidine rings is 1. The summed E-state index contributed by atoms with van der Waals surface area (Å²) in [5.74, 6) is 1.61. The van der Waals surface area contributed by atoms with Gasteiger partial charge < -0.3 is 5.32 Å². The quantitative estimate of drug-likeness (QED) is 0.639. The molecule has 1 aliphatic heterocycles. The molecule has 1 fully saturated rings. The van der Waals surface area contributed by atoms with E-state index in [9.17, 15) is 4.79 Å². The lowest BCUT2D eigenvalue weighted by atomic mass is 9.97. The molecule has 8 nitrogen and oxygen atoms in total. The Morgan fingerprint density at radius 1 is 1.12 bits per heavy atom. The molecule has 2 aliphatic rings. The van der Waals surface area contributed by atoms with Gasteiger partial charge in [0.25, 0.3) is 5.56 Å². The number of aromatic nitrogens is 5. The standard InChI is InChI=1S/C24H31N7O/c1-17-27-22-16-25-10-9-20(22)24(28-17)26-15-19-7-4-5-11-30(19)12-13-31-23(32)14-18-6-2-3-8-21(18)29-31/h9-10,14,16,19H,2-8,11-13,15H2,1H3,(H,26,27,28). The molecule has 0 spiro atoms. The molecule has 168 valence electrons. The number of pyridine rings is 1. The summed E-state index contributed by atoms with van der Waals surface area (Å²) in [6, 6.07) is 4.18.